The summed E-state index contributed by atoms with van der Waals surface area (Å²) in [6.45, 7) is 7.29. The van der Waals surface area contributed by atoms with Crippen LogP contribution in [0.2, 0.25) is 0 Å². The second-order valence-corrected chi connectivity index (χ2v) is 6.68. The van der Waals surface area contributed by atoms with E-state index in [1.807, 2.05) is 6.07 Å². The number of hydrogen-bond donors (Lipinski definition) is 1. The topological polar surface area (TPSA) is 38.3 Å². The number of terminal acetylenes is 1. The molecular weight excluding hydrogens is 330 g/mol. The third-order valence-corrected chi connectivity index (χ3v) is 3.61. The molecule has 3 nitrogen and oxygen atoms in total. The van der Waals surface area contributed by atoms with Crippen LogP contribution in [0.3, 0.4) is 0 Å². The van der Waals surface area contributed by atoms with E-state index in [0.717, 1.165) is 10.2 Å². The lowest BCUT2D eigenvalue weighted by Gasteiger charge is -2.20. The highest BCUT2D eigenvalue weighted by Crippen LogP contribution is 2.31. The number of hydrogen-bond acceptors (Lipinski definition) is 2. The minimum absolute atomic E-state index is 0.0429. The Morgan fingerprint density at radius 1 is 1.43 bits per heavy atom. The predicted molar refractivity (Wildman–Crippen MR) is 89.4 cm³/mol. The quantitative estimate of drug-likeness (QED) is 0.627. The smallest absolute Gasteiger partial charge is 0.220 e. The van der Waals surface area contributed by atoms with Crippen LogP contribution in [-0.4, -0.2) is 19.1 Å². The van der Waals surface area contributed by atoms with Crippen LogP contribution >= 0.6 is 15.9 Å². The number of rotatable bonds is 6. The van der Waals surface area contributed by atoms with Crippen LogP contribution < -0.4 is 10.1 Å². The Morgan fingerprint density at radius 3 is 2.71 bits per heavy atom. The van der Waals surface area contributed by atoms with Crippen molar-refractivity contribution in [2.75, 3.05) is 13.2 Å². The monoisotopic (exact) mass is 351 g/mol. The molecule has 1 aromatic rings. The van der Waals surface area contributed by atoms with Gasteiger partial charge >= 0.3 is 0 Å². The zero-order valence-electron chi connectivity index (χ0n) is 12.8. The first-order chi connectivity index (χ1) is 9.84. The van der Waals surface area contributed by atoms with Crippen LogP contribution in [-0.2, 0) is 10.2 Å². The summed E-state index contributed by atoms with van der Waals surface area (Å²) < 4.78 is 6.63. The minimum atomic E-state index is -0.0429. The summed E-state index contributed by atoms with van der Waals surface area (Å²) in [4.78, 5) is 11.4. The number of ether oxygens (including phenoxy) is 1. The molecule has 0 saturated carbocycles. The van der Waals surface area contributed by atoms with Crippen molar-refractivity contribution < 1.29 is 9.53 Å². The summed E-state index contributed by atoms with van der Waals surface area (Å²) in [5, 5.41) is 2.63. The standard InChI is InChI=1S/C17H22BrNO2/c1-5-10-19-16(20)7-6-11-21-15-9-8-13(12-14(15)18)17(2,3)4/h1,8-9,12H,6-7,10-11H2,2-4H3,(H,19,20). The average Bonchev–Trinajstić information content (AvgIpc) is 2.41. The van der Waals surface area contributed by atoms with Crippen molar-refractivity contribution >= 4 is 21.8 Å². The highest BCUT2D eigenvalue weighted by molar-refractivity contribution is 9.10. The highest BCUT2D eigenvalue weighted by Gasteiger charge is 2.15. The molecule has 0 spiro atoms. The fraction of sp³-hybridized carbons (Fsp3) is 0.471. The summed E-state index contributed by atoms with van der Waals surface area (Å²) in [6, 6.07) is 6.11. The second-order valence-electron chi connectivity index (χ2n) is 5.83. The summed E-state index contributed by atoms with van der Waals surface area (Å²) in [5.74, 6) is 3.13. The first-order valence-corrected chi connectivity index (χ1v) is 7.77. The maximum atomic E-state index is 11.4. The molecule has 0 unspecified atom stereocenters. The van der Waals surface area contributed by atoms with Gasteiger partial charge in [-0.25, -0.2) is 0 Å². The molecule has 0 fully saturated rings. The second kappa shape index (κ2) is 8.09. The Balaban J connectivity index is 2.43. The van der Waals surface area contributed by atoms with Crippen LogP contribution in [0.5, 0.6) is 5.75 Å². The van der Waals surface area contributed by atoms with Crippen molar-refractivity contribution in [1.82, 2.24) is 5.32 Å². The lowest BCUT2D eigenvalue weighted by atomic mass is 9.87. The number of amides is 1. The molecule has 114 valence electrons. The van der Waals surface area contributed by atoms with E-state index in [2.05, 4.69) is 60.1 Å². The van der Waals surface area contributed by atoms with Crippen LogP contribution in [0.4, 0.5) is 0 Å². The number of nitrogens with one attached hydrogen (secondary N) is 1. The van der Waals surface area contributed by atoms with Gasteiger partial charge in [-0.05, 0) is 45.5 Å². The molecule has 0 aliphatic heterocycles. The lowest BCUT2D eigenvalue weighted by molar-refractivity contribution is -0.121. The van der Waals surface area contributed by atoms with Gasteiger partial charge in [0, 0.05) is 6.42 Å². The van der Waals surface area contributed by atoms with Crippen molar-refractivity contribution in [3.63, 3.8) is 0 Å². The van der Waals surface area contributed by atoms with Crippen LogP contribution in [0.15, 0.2) is 22.7 Å². The number of benzene rings is 1. The van der Waals surface area contributed by atoms with Crippen molar-refractivity contribution in [2.24, 2.45) is 0 Å². The maximum absolute atomic E-state index is 11.4. The van der Waals surface area contributed by atoms with Gasteiger partial charge in [0.2, 0.25) is 5.91 Å². The average molecular weight is 352 g/mol. The van der Waals surface area contributed by atoms with Gasteiger partial charge in [0.1, 0.15) is 5.75 Å². The first kappa shape index (κ1) is 17.6. The Kier molecular flexibility index (Phi) is 6.77. The number of carbonyl (C=O) groups is 1. The van der Waals surface area contributed by atoms with Gasteiger partial charge in [0.15, 0.2) is 0 Å². The molecule has 0 bridgehead atoms. The zero-order valence-corrected chi connectivity index (χ0v) is 14.4. The minimum Gasteiger partial charge on any atom is -0.492 e. The van der Waals surface area contributed by atoms with E-state index in [0.29, 0.717) is 19.4 Å². The molecule has 1 aromatic carbocycles. The molecule has 0 saturated heterocycles. The number of carbonyl (C=O) groups excluding carboxylic acids is 1. The molecule has 0 aliphatic carbocycles. The SMILES string of the molecule is C#CCNC(=O)CCCOc1ccc(C(C)(C)C)cc1Br. The van der Waals surface area contributed by atoms with Crippen molar-refractivity contribution in [2.45, 2.75) is 39.0 Å². The molecule has 21 heavy (non-hydrogen) atoms. The van der Waals surface area contributed by atoms with E-state index in [4.69, 9.17) is 11.2 Å². The molecule has 1 amide bonds. The molecule has 0 aliphatic rings. The van der Waals surface area contributed by atoms with Gasteiger partial charge in [-0.2, -0.15) is 0 Å². The van der Waals surface area contributed by atoms with Crippen LogP contribution in [0.25, 0.3) is 0 Å². The van der Waals surface area contributed by atoms with Crippen molar-refractivity contribution in [3.05, 3.63) is 28.2 Å². The van der Waals surface area contributed by atoms with Gasteiger partial charge in [0.25, 0.3) is 0 Å². The van der Waals surface area contributed by atoms with Crippen LogP contribution in [0, 0.1) is 12.3 Å². The third-order valence-electron chi connectivity index (χ3n) is 2.99. The van der Waals surface area contributed by atoms with Crippen LogP contribution in [0.1, 0.15) is 39.2 Å². The Morgan fingerprint density at radius 2 is 2.14 bits per heavy atom. The lowest BCUT2D eigenvalue weighted by Crippen LogP contribution is -2.23. The zero-order chi connectivity index (χ0) is 15.9. The molecule has 0 heterocycles. The van der Waals surface area contributed by atoms with E-state index in [1.165, 1.54) is 5.56 Å². The summed E-state index contributed by atoms with van der Waals surface area (Å²) >= 11 is 3.53. The van der Waals surface area contributed by atoms with E-state index in [-0.39, 0.29) is 17.9 Å². The highest BCUT2D eigenvalue weighted by atomic mass is 79.9. The van der Waals surface area contributed by atoms with E-state index < -0.39 is 0 Å². The van der Waals surface area contributed by atoms with Gasteiger partial charge in [-0.1, -0.05) is 32.8 Å². The van der Waals surface area contributed by atoms with Gasteiger partial charge < -0.3 is 10.1 Å². The predicted octanol–water partition coefficient (Wildman–Crippen LogP) is 3.66. The fourth-order valence-corrected chi connectivity index (χ4v) is 2.23. The third kappa shape index (κ3) is 6.22. The molecule has 1 N–H and O–H groups in total. The Bertz CT molecular complexity index is 527. The summed E-state index contributed by atoms with van der Waals surface area (Å²) in [5.41, 5.74) is 1.35. The first-order valence-electron chi connectivity index (χ1n) is 6.97. The largest absolute Gasteiger partial charge is 0.492 e. The van der Waals surface area contributed by atoms with Gasteiger partial charge in [0.05, 0.1) is 17.6 Å². The normalized spacial score (nSPS) is 10.8. The van der Waals surface area contributed by atoms with Gasteiger partial charge in [-0.3, -0.25) is 4.79 Å². The molecule has 0 atom stereocenters. The molecule has 1 rings (SSSR count). The van der Waals surface area contributed by atoms with Crippen molar-refractivity contribution in [1.29, 1.82) is 0 Å². The fourth-order valence-electron chi connectivity index (χ4n) is 1.74. The molecule has 0 radical (unpaired) electrons. The van der Waals surface area contributed by atoms with E-state index in [1.54, 1.807) is 0 Å². The maximum Gasteiger partial charge on any atom is 0.220 e. The van der Waals surface area contributed by atoms with E-state index in [9.17, 15) is 4.79 Å². The Hall–Kier alpha value is -1.47. The summed E-state index contributed by atoms with van der Waals surface area (Å²) in [6.07, 6.45) is 6.14. The molecule has 4 heteroatoms. The van der Waals surface area contributed by atoms with Crippen molar-refractivity contribution in [3.8, 4) is 18.1 Å². The van der Waals surface area contributed by atoms with Gasteiger partial charge in [-0.15, -0.1) is 6.42 Å². The number of halogens is 1. The molecule has 0 aromatic heterocycles. The summed E-state index contributed by atoms with van der Waals surface area (Å²) in [7, 11) is 0. The van der Waals surface area contributed by atoms with E-state index >= 15 is 0 Å². The molecular formula is C17H22BrNO2. The Labute approximate surface area is 135 Å².